The van der Waals surface area contributed by atoms with Crippen LogP contribution in [0.5, 0.6) is 17.4 Å². The summed E-state index contributed by atoms with van der Waals surface area (Å²) in [4.78, 5) is 30.3. The van der Waals surface area contributed by atoms with Crippen molar-refractivity contribution in [3.63, 3.8) is 0 Å². The van der Waals surface area contributed by atoms with Crippen LogP contribution in [-0.4, -0.2) is 90.1 Å². The van der Waals surface area contributed by atoms with E-state index in [4.69, 9.17) is 42.4 Å². The minimum atomic E-state index is -1.47. The largest absolute Gasteiger partial charge is 0.493 e. The number of carboxylic acids is 1. The van der Waals surface area contributed by atoms with Gasteiger partial charge in [0.15, 0.2) is 11.5 Å². The van der Waals surface area contributed by atoms with Crippen molar-refractivity contribution in [3.8, 4) is 50.9 Å². The number of nitrogens with one attached hydrogen (secondary N) is 2. The van der Waals surface area contributed by atoms with Crippen LogP contribution >= 0.6 is 23.2 Å². The van der Waals surface area contributed by atoms with E-state index in [1.165, 1.54) is 14.0 Å². The first-order valence-electron chi connectivity index (χ1n) is 16.6. The molecule has 1 amide bonds. The van der Waals surface area contributed by atoms with E-state index in [1.54, 1.807) is 13.2 Å². The first-order valence-corrected chi connectivity index (χ1v) is 17.3. The van der Waals surface area contributed by atoms with Gasteiger partial charge in [-0.2, -0.15) is 0 Å². The Morgan fingerprint density at radius 3 is 2.29 bits per heavy atom. The first-order chi connectivity index (χ1) is 24.5. The molecule has 3 aromatic carbocycles. The summed E-state index contributed by atoms with van der Waals surface area (Å²) in [5, 5.41) is 25.7. The van der Waals surface area contributed by atoms with Gasteiger partial charge in [-0.05, 0) is 37.1 Å². The van der Waals surface area contributed by atoms with E-state index in [2.05, 4.69) is 15.5 Å². The quantitative estimate of drug-likeness (QED) is 0.120. The van der Waals surface area contributed by atoms with Crippen molar-refractivity contribution in [2.24, 2.45) is 0 Å². The molecular formula is C38H40Cl2N4O7. The van der Waals surface area contributed by atoms with Crippen LogP contribution in [0.25, 0.3) is 33.5 Å². The molecule has 0 aliphatic carbocycles. The lowest BCUT2D eigenvalue weighted by atomic mass is 9.88. The van der Waals surface area contributed by atoms with E-state index in [9.17, 15) is 19.8 Å². The second-order valence-corrected chi connectivity index (χ2v) is 13.9. The third-order valence-electron chi connectivity index (χ3n) is 9.52. The lowest BCUT2D eigenvalue weighted by Gasteiger charge is -2.48. The average molecular weight is 736 g/mol. The highest BCUT2D eigenvalue weighted by Crippen LogP contribution is 2.44. The average Bonchev–Trinajstić information content (AvgIpc) is 3.52. The SMILES string of the molecule is COc1cc(-c2cccc(-c3cccc(-c4ccc(CN5CC6(CCC(=O)N6)C5)c(OC)n4)c3Cl)c2Cl)ccc1OCCN[C@@](C)(CO)C(=O)O. The molecule has 2 aliphatic heterocycles. The van der Waals surface area contributed by atoms with Crippen LogP contribution in [0, 0.1) is 0 Å². The van der Waals surface area contributed by atoms with Crippen LogP contribution in [0.3, 0.4) is 0 Å². The predicted octanol–water partition coefficient (Wildman–Crippen LogP) is 5.68. The zero-order valence-corrected chi connectivity index (χ0v) is 30.1. The highest BCUT2D eigenvalue weighted by atomic mass is 35.5. The topological polar surface area (TPSA) is 142 Å². The minimum Gasteiger partial charge on any atom is -0.493 e. The van der Waals surface area contributed by atoms with Crippen LogP contribution in [-0.2, 0) is 16.1 Å². The van der Waals surface area contributed by atoms with Gasteiger partial charge in [-0.3, -0.25) is 19.8 Å². The van der Waals surface area contributed by atoms with Crippen molar-refractivity contribution >= 4 is 35.1 Å². The van der Waals surface area contributed by atoms with Crippen molar-refractivity contribution in [2.75, 3.05) is 47.1 Å². The van der Waals surface area contributed by atoms with Crippen molar-refractivity contribution in [1.29, 1.82) is 0 Å². The fourth-order valence-corrected chi connectivity index (χ4v) is 7.29. The summed E-state index contributed by atoms with van der Waals surface area (Å²) in [5.41, 5.74) is 3.83. The molecule has 2 aliphatic rings. The number of aliphatic carboxylic acids is 1. The molecule has 0 radical (unpaired) electrons. The number of benzene rings is 3. The molecule has 1 spiro atoms. The molecule has 0 saturated carbocycles. The number of carbonyl (C=O) groups is 2. The molecule has 13 heteroatoms. The summed E-state index contributed by atoms with van der Waals surface area (Å²) in [6.07, 6.45) is 1.46. The second kappa shape index (κ2) is 15.1. The number of hydrogen-bond acceptors (Lipinski definition) is 9. The molecule has 0 unspecified atom stereocenters. The molecule has 51 heavy (non-hydrogen) atoms. The third kappa shape index (κ3) is 7.49. The second-order valence-electron chi connectivity index (χ2n) is 13.1. The number of hydrogen-bond donors (Lipinski definition) is 4. The molecule has 11 nitrogen and oxygen atoms in total. The molecule has 268 valence electrons. The molecule has 0 bridgehead atoms. The summed E-state index contributed by atoms with van der Waals surface area (Å²) in [7, 11) is 3.14. The fraction of sp³-hybridized carbons (Fsp3) is 0.342. The van der Waals surface area contributed by atoms with Gasteiger partial charge in [-0.25, -0.2) is 4.98 Å². The number of methoxy groups -OCH3 is 2. The summed E-state index contributed by atoms with van der Waals surface area (Å²) in [6.45, 7) is 3.46. The molecule has 2 saturated heterocycles. The Morgan fingerprint density at radius 2 is 1.67 bits per heavy atom. The van der Waals surface area contributed by atoms with Gasteiger partial charge in [0.25, 0.3) is 0 Å². The number of likely N-dealkylation sites (tertiary alicyclic amines) is 1. The zero-order valence-electron chi connectivity index (χ0n) is 28.6. The fourth-order valence-electron chi connectivity index (χ4n) is 6.63. The summed E-state index contributed by atoms with van der Waals surface area (Å²) in [6, 6.07) is 20.9. The van der Waals surface area contributed by atoms with Gasteiger partial charge >= 0.3 is 5.97 Å². The van der Waals surface area contributed by atoms with E-state index >= 15 is 0 Å². The van der Waals surface area contributed by atoms with Crippen LogP contribution in [0.4, 0.5) is 0 Å². The summed E-state index contributed by atoms with van der Waals surface area (Å²) >= 11 is 14.2. The Labute approximate surface area is 306 Å². The minimum absolute atomic E-state index is 0.0946. The summed E-state index contributed by atoms with van der Waals surface area (Å²) < 4.78 is 17.2. The zero-order chi connectivity index (χ0) is 36.3. The number of rotatable bonds is 14. The highest BCUT2D eigenvalue weighted by molar-refractivity contribution is 6.39. The van der Waals surface area contributed by atoms with Gasteiger partial charge in [-0.1, -0.05) is 71.7 Å². The third-order valence-corrected chi connectivity index (χ3v) is 10.3. The smallest absolute Gasteiger partial charge is 0.326 e. The van der Waals surface area contributed by atoms with Crippen molar-refractivity contribution in [2.45, 2.75) is 37.4 Å². The van der Waals surface area contributed by atoms with E-state index in [1.807, 2.05) is 60.7 Å². The van der Waals surface area contributed by atoms with Gasteiger partial charge in [0, 0.05) is 60.4 Å². The number of carbonyl (C=O) groups excluding carboxylic acids is 1. The Morgan fingerprint density at radius 1 is 0.980 bits per heavy atom. The van der Waals surface area contributed by atoms with E-state index in [0.29, 0.717) is 46.1 Å². The molecule has 4 aromatic rings. The van der Waals surface area contributed by atoms with Gasteiger partial charge in [-0.15, -0.1) is 0 Å². The maximum Gasteiger partial charge on any atom is 0.326 e. The van der Waals surface area contributed by atoms with Gasteiger partial charge < -0.3 is 29.7 Å². The lowest BCUT2D eigenvalue weighted by Crippen LogP contribution is -2.66. The predicted molar refractivity (Wildman–Crippen MR) is 196 cm³/mol. The molecule has 1 atom stereocenters. The number of nitrogens with zero attached hydrogens (tertiary/aromatic N) is 2. The standard InChI is InChI=1S/C38H40Cl2N4O7/c1-37(22-45,36(47)48)41-16-17-51-30-13-11-23(18-31(30)49-2)25-6-4-7-26(33(25)39)27-8-5-9-28(34(27)40)29-12-10-24(35(42-29)50-3)19-44-20-38(21-44)15-14-32(46)43-38/h4-13,18,41,45H,14-17,19-22H2,1-3H3,(H,43,46)(H,47,48)/t37-/m0/s1. The van der Waals surface area contributed by atoms with Crippen molar-refractivity contribution in [3.05, 3.63) is 82.3 Å². The highest BCUT2D eigenvalue weighted by Gasteiger charge is 2.47. The Balaban J connectivity index is 1.20. The number of halogens is 2. The van der Waals surface area contributed by atoms with Crippen molar-refractivity contribution in [1.82, 2.24) is 20.5 Å². The molecule has 6 rings (SSSR count). The Bertz CT molecular complexity index is 1950. The lowest BCUT2D eigenvalue weighted by molar-refractivity contribution is -0.145. The van der Waals surface area contributed by atoms with Gasteiger partial charge in [0.05, 0.1) is 42.1 Å². The molecule has 4 N–H and O–H groups in total. The van der Waals surface area contributed by atoms with Crippen LogP contribution in [0.2, 0.25) is 10.0 Å². The van der Waals surface area contributed by atoms with Crippen LogP contribution in [0.15, 0.2) is 66.7 Å². The van der Waals surface area contributed by atoms with Crippen LogP contribution in [0.1, 0.15) is 25.3 Å². The van der Waals surface area contributed by atoms with Crippen molar-refractivity contribution < 1.29 is 34.0 Å². The summed E-state index contributed by atoms with van der Waals surface area (Å²) in [5.74, 6) is 0.434. The number of aliphatic hydroxyl groups excluding tert-OH is 1. The monoisotopic (exact) mass is 734 g/mol. The molecule has 1 aromatic heterocycles. The first kappa shape index (κ1) is 36.4. The Kier molecular flexibility index (Phi) is 10.8. The Hall–Kier alpha value is -4.39. The van der Waals surface area contributed by atoms with Gasteiger partial charge in [0.2, 0.25) is 11.8 Å². The van der Waals surface area contributed by atoms with E-state index in [-0.39, 0.29) is 24.6 Å². The molecule has 3 heterocycles. The molecular weight excluding hydrogens is 695 g/mol. The van der Waals surface area contributed by atoms with E-state index < -0.39 is 18.1 Å². The van der Waals surface area contributed by atoms with E-state index in [0.717, 1.165) is 52.9 Å². The number of aliphatic hydroxyl groups is 1. The maximum absolute atomic E-state index is 11.7. The number of carboxylic acid groups (broad SMARTS) is 1. The number of pyridine rings is 1. The number of ether oxygens (including phenoxy) is 3. The number of aromatic nitrogens is 1. The normalized spacial score (nSPS) is 16.3. The maximum atomic E-state index is 11.7. The molecule has 2 fully saturated rings. The van der Waals surface area contributed by atoms with Crippen LogP contribution < -0.4 is 24.8 Å². The number of amides is 1. The van der Waals surface area contributed by atoms with Gasteiger partial charge in [0.1, 0.15) is 12.1 Å².